The molecule has 3 heterocycles. The van der Waals surface area contributed by atoms with Crippen molar-refractivity contribution >= 4 is 15.9 Å². The van der Waals surface area contributed by atoms with Gasteiger partial charge in [-0.3, -0.25) is 9.69 Å². The summed E-state index contributed by atoms with van der Waals surface area (Å²) in [5.41, 5.74) is 0.0670. The number of amides is 1. The molecule has 4 rings (SSSR count). The number of hydrogen-bond acceptors (Lipinski definition) is 4. The maximum absolute atomic E-state index is 12.9. The van der Waals surface area contributed by atoms with Crippen molar-refractivity contribution in [1.82, 2.24) is 14.1 Å². The molecule has 0 aromatic heterocycles. The van der Waals surface area contributed by atoms with Crippen LogP contribution < -0.4 is 0 Å². The number of benzene rings is 1. The van der Waals surface area contributed by atoms with Crippen molar-refractivity contribution in [3.63, 3.8) is 0 Å². The second kappa shape index (κ2) is 7.18. The van der Waals surface area contributed by atoms with Crippen LogP contribution in [0.4, 0.5) is 0 Å². The van der Waals surface area contributed by atoms with Gasteiger partial charge in [-0.2, -0.15) is 4.31 Å². The van der Waals surface area contributed by atoms with Crippen molar-refractivity contribution in [2.75, 3.05) is 39.8 Å². The Morgan fingerprint density at radius 3 is 2.30 bits per heavy atom. The number of carbonyl (C=O) groups excluding carboxylic acids is 1. The molecule has 0 N–H and O–H groups in total. The van der Waals surface area contributed by atoms with E-state index in [2.05, 4.69) is 4.90 Å². The molecule has 1 amide bonds. The van der Waals surface area contributed by atoms with Gasteiger partial charge in [-0.15, -0.1) is 0 Å². The van der Waals surface area contributed by atoms with Crippen LogP contribution >= 0.6 is 0 Å². The Kier molecular flexibility index (Phi) is 5.03. The van der Waals surface area contributed by atoms with Gasteiger partial charge in [-0.1, -0.05) is 18.2 Å². The summed E-state index contributed by atoms with van der Waals surface area (Å²) in [7, 11) is -1.38. The zero-order valence-corrected chi connectivity index (χ0v) is 16.8. The van der Waals surface area contributed by atoms with Crippen LogP contribution in [0.5, 0.6) is 0 Å². The standard InChI is InChI=1S/C20H29N3O3S/c1-21-16-20(15-18(21)19(24)22-11-5-6-12-22)9-13-23(14-10-20)27(25,26)17-7-3-2-4-8-17/h2-4,7-8,18H,5-6,9-16H2,1H3. The van der Waals surface area contributed by atoms with Crippen LogP contribution in [-0.4, -0.2) is 74.2 Å². The molecule has 1 atom stereocenters. The normalized spacial score (nSPS) is 26.7. The lowest BCUT2D eigenvalue weighted by atomic mass is 9.77. The summed E-state index contributed by atoms with van der Waals surface area (Å²) < 4.78 is 27.3. The zero-order valence-electron chi connectivity index (χ0n) is 16.0. The van der Waals surface area contributed by atoms with Crippen LogP contribution in [0.1, 0.15) is 32.1 Å². The smallest absolute Gasteiger partial charge is 0.243 e. The number of nitrogens with zero attached hydrogens (tertiary/aromatic N) is 3. The van der Waals surface area contributed by atoms with E-state index >= 15 is 0 Å². The molecular formula is C20H29N3O3S. The van der Waals surface area contributed by atoms with Gasteiger partial charge in [0.25, 0.3) is 0 Å². The SMILES string of the molecule is CN1CC2(CCN(S(=O)(=O)c3ccccc3)CC2)CC1C(=O)N1CCCC1. The molecule has 148 valence electrons. The summed E-state index contributed by atoms with van der Waals surface area (Å²) in [4.78, 5) is 17.4. The Bertz CT molecular complexity index is 782. The van der Waals surface area contributed by atoms with Crippen molar-refractivity contribution in [1.29, 1.82) is 0 Å². The molecule has 3 aliphatic rings. The zero-order chi connectivity index (χ0) is 19.1. The van der Waals surface area contributed by atoms with Crippen molar-refractivity contribution in [2.45, 2.75) is 43.0 Å². The van der Waals surface area contributed by atoms with Crippen LogP contribution in [0, 0.1) is 5.41 Å². The lowest BCUT2D eigenvalue weighted by Gasteiger charge is -2.38. The first-order chi connectivity index (χ1) is 12.9. The first-order valence-corrected chi connectivity index (χ1v) is 11.4. The van der Waals surface area contributed by atoms with E-state index in [1.807, 2.05) is 18.0 Å². The fraction of sp³-hybridized carbons (Fsp3) is 0.650. The monoisotopic (exact) mass is 391 g/mol. The topological polar surface area (TPSA) is 60.9 Å². The summed E-state index contributed by atoms with van der Waals surface area (Å²) in [5.74, 6) is 0.270. The lowest BCUT2D eigenvalue weighted by Crippen LogP contribution is -2.44. The van der Waals surface area contributed by atoms with Gasteiger partial charge in [-0.05, 0) is 56.7 Å². The molecule has 0 aliphatic carbocycles. The minimum Gasteiger partial charge on any atom is -0.341 e. The fourth-order valence-electron chi connectivity index (χ4n) is 5.00. The van der Waals surface area contributed by atoms with E-state index in [0.29, 0.717) is 18.0 Å². The number of piperidine rings is 1. The number of rotatable bonds is 3. The van der Waals surface area contributed by atoms with Crippen LogP contribution in [0.25, 0.3) is 0 Å². The minimum atomic E-state index is -3.42. The molecule has 1 unspecified atom stereocenters. The van der Waals surface area contributed by atoms with Gasteiger partial charge >= 0.3 is 0 Å². The summed E-state index contributed by atoms with van der Waals surface area (Å²) in [6.45, 7) is 3.74. The maximum atomic E-state index is 12.9. The van der Waals surface area contributed by atoms with Gasteiger partial charge < -0.3 is 4.90 Å². The van der Waals surface area contributed by atoms with Gasteiger partial charge in [0.15, 0.2) is 0 Å². The van der Waals surface area contributed by atoms with E-state index in [1.165, 1.54) is 0 Å². The number of likely N-dealkylation sites (tertiary alicyclic amines) is 2. The third kappa shape index (κ3) is 3.52. The molecule has 0 bridgehead atoms. The second-order valence-electron chi connectivity index (χ2n) is 8.38. The van der Waals surface area contributed by atoms with E-state index in [1.54, 1.807) is 28.6 Å². The molecule has 1 aromatic rings. The summed E-state index contributed by atoms with van der Waals surface area (Å²) >= 11 is 0. The Balaban J connectivity index is 1.42. The predicted molar refractivity (Wildman–Crippen MR) is 104 cm³/mol. The maximum Gasteiger partial charge on any atom is 0.243 e. The van der Waals surface area contributed by atoms with E-state index in [-0.39, 0.29) is 17.4 Å². The van der Waals surface area contributed by atoms with Crippen molar-refractivity contribution in [2.24, 2.45) is 5.41 Å². The van der Waals surface area contributed by atoms with E-state index in [0.717, 1.165) is 51.7 Å². The van der Waals surface area contributed by atoms with Crippen molar-refractivity contribution < 1.29 is 13.2 Å². The van der Waals surface area contributed by atoms with Gasteiger partial charge in [0.05, 0.1) is 10.9 Å². The van der Waals surface area contributed by atoms with E-state index in [4.69, 9.17) is 0 Å². The van der Waals surface area contributed by atoms with Crippen LogP contribution in [-0.2, 0) is 14.8 Å². The molecule has 1 spiro atoms. The minimum absolute atomic E-state index is 0.0413. The largest absolute Gasteiger partial charge is 0.341 e. The van der Waals surface area contributed by atoms with Gasteiger partial charge in [0.1, 0.15) is 0 Å². The summed E-state index contributed by atoms with van der Waals surface area (Å²) in [6.07, 6.45) is 4.73. The fourth-order valence-corrected chi connectivity index (χ4v) is 6.46. The summed E-state index contributed by atoms with van der Waals surface area (Å²) in [5, 5.41) is 0. The Morgan fingerprint density at radius 2 is 1.67 bits per heavy atom. The highest BCUT2D eigenvalue weighted by Gasteiger charge is 2.48. The Hall–Kier alpha value is -1.44. The number of carbonyl (C=O) groups is 1. The van der Waals surface area contributed by atoms with E-state index < -0.39 is 10.0 Å². The molecule has 27 heavy (non-hydrogen) atoms. The third-order valence-corrected chi connectivity index (χ3v) is 8.52. The number of hydrogen-bond donors (Lipinski definition) is 0. The lowest BCUT2D eigenvalue weighted by molar-refractivity contribution is -0.134. The molecule has 7 heteroatoms. The van der Waals surface area contributed by atoms with Crippen LogP contribution in [0.3, 0.4) is 0 Å². The second-order valence-corrected chi connectivity index (χ2v) is 10.3. The molecule has 6 nitrogen and oxygen atoms in total. The molecule has 3 fully saturated rings. The molecular weight excluding hydrogens is 362 g/mol. The van der Waals surface area contributed by atoms with Crippen molar-refractivity contribution in [3.05, 3.63) is 30.3 Å². The number of sulfonamides is 1. The average molecular weight is 392 g/mol. The Morgan fingerprint density at radius 1 is 1.04 bits per heavy atom. The highest BCUT2D eigenvalue weighted by Crippen LogP contribution is 2.44. The predicted octanol–water partition coefficient (Wildman–Crippen LogP) is 1.78. The van der Waals surface area contributed by atoms with Gasteiger partial charge in [-0.25, -0.2) is 8.42 Å². The first kappa shape index (κ1) is 18.9. The molecule has 0 radical (unpaired) electrons. The van der Waals surface area contributed by atoms with Gasteiger partial charge in [0, 0.05) is 32.7 Å². The highest BCUT2D eigenvalue weighted by molar-refractivity contribution is 7.89. The third-order valence-electron chi connectivity index (χ3n) is 6.61. The molecule has 0 saturated carbocycles. The van der Waals surface area contributed by atoms with Gasteiger partial charge in [0.2, 0.25) is 15.9 Å². The van der Waals surface area contributed by atoms with Crippen LogP contribution in [0.15, 0.2) is 35.2 Å². The number of likely N-dealkylation sites (N-methyl/N-ethyl adjacent to an activating group) is 1. The van der Waals surface area contributed by atoms with E-state index in [9.17, 15) is 13.2 Å². The van der Waals surface area contributed by atoms with Crippen LogP contribution in [0.2, 0.25) is 0 Å². The summed E-state index contributed by atoms with van der Waals surface area (Å²) in [6, 6.07) is 8.63. The first-order valence-electron chi connectivity index (χ1n) is 9.96. The highest BCUT2D eigenvalue weighted by atomic mass is 32.2. The average Bonchev–Trinajstić information content (AvgIpc) is 3.31. The van der Waals surface area contributed by atoms with Crippen molar-refractivity contribution in [3.8, 4) is 0 Å². The molecule has 3 aliphatic heterocycles. The molecule has 1 aromatic carbocycles. The quantitative estimate of drug-likeness (QED) is 0.788. The molecule has 3 saturated heterocycles. The Labute approximate surface area is 162 Å².